The third-order valence-corrected chi connectivity index (χ3v) is 2.39. The maximum atomic E-state index is 9.40. The topological polar surface area (TPSA) is 43.7 Å². The molecule has 0 spiro atoms. The first-order valence-corrected chi connectivity index (χ1v) is 5.28. The number of nitrogens with zero attached hydrogens (tertiary/aromatic N) is 1. The van der Waals surface area contributed by atoms with Crippen LogP contribution < -0.4 is 4.90 Å². The largest absolute Gasteiger partial charge is 0.394 e. The van der Waals surface area contributed by atoms with Gasteiger partial charge in [0.1, 0.15) is 0 Å². The predicted molar refractivity (Wildman–Crippen MR) is 62.2 cm³/mol. The van der Waals surface area contributed by atoms with Gasteiger partial charge in [0.25, 0.3) is 0 Å². The summed E-state index contributed by atoms with van der Waals surface area (Å²) in [5.41, 5.74) is 2.29. The fourth-order valence-corrected chi connectivity index (χ4v) is 1.55. The van der Waals surface area contributed by atoms with E-state index in [4.69, 9.17) is 5.11 Å². The van der Waals surface area contributed by atoms with Gasteiger partial charge in [0.2, 0.25) is 0 Å². The highest BCUT2D eigenvalue weighted by Crippen LogP contribution is 2.15. The number of aliphatic hydroxyl groups excluding tert-OH is 2. The van der Waals surface area contributed by atoms with Gasteiger partial charge in [0, 0.05) is 18.8 Å². The van der Waals surface area contributed by atoms with Crippen LogP contribution in [0, 0.1) is 6.92 Å². The molecule has 0 bridgehead atoms. The van der Waals surface area contributed by atoms with E-state index in [9.17, 15) is 5.11 Å². The lowest BCUT2D eigenvalue weighted by atomic mass is 10.2. The molecule has 1 rings (SSSR count). The van der Waals surface area contributed by atoms with Crippen molar-refractivity contribution in [1.82, 2.24) is 0 Å². The predicted octanol–water partition coefficient (Wildman–Crippen LogP) is 1.17. The number of aryl methyl sites for hydroxylation is 1. The first-order valence-electron chi connectivity index (χ1n) is 5.28. The van der Waals surface area contributed by atoms with Crippen LogP contribution in [-0.2, 0) is 0 Å². The average molecular weight is 209 g/mol. The van der Waals surface area contributed by atoms with E-state index < -0.39 is 6.10 Å². The van der Waals surface area contributed by atoms with E-state index >= 15 is 0 Å². The minimum atomic E-state index is -0.675. The van der Waals surface area contributed by atoms with Crippen LogP contribution in [0.5, 0.6) is 0 Å². The molecule has 0 aliphatic rings. The summed E-state index contributed by atoms with van der Waals surface area (Å²) in [5, 5.41) is 18.2. The van der Waals surface area contributed by atoms with E-state index in [1.807, 2.05) is 36.9 Å². The monoisotopic (exact) mass is 209 g/mol. The number of anilines is 1. The Balaban J connectivity index is 2.73. The highest BCUT2D eigenvalue weighted by molar-refractivity contribution is 5.48. The first-order chi connectivity index (χ1) is 7.17. The highest BCUT2D eigenvalue weighted by atomic mass is 16.3. The Labute approximate surface area is 91.0 Å². The van der Waals surface area contributed by atoms with Crippen LogP contribution >= 0.6 is 0 Å². The molecule has 3 nitrogen and oxygen atoms in total. The van der Waals surface area contributed by atoms with Crippen LogP contribution in [0.3, 0.4) is 0 Å². The van der Waals surface area contributed by atoms with Crippen molar-refractivity contribution < 1.29 is 10.2 Å². The molecule has 0 radical (unpaired) electrons. The van der Waals surface area contributed by atoms with Gasteiger partial charge in [-0.1, -0.05) is 12.1 Å². The van der Waals surface area contributed by atoms with Crippen molar-refractivity contribution in [3.05, 3.63) is 29.8 Å². The number of aliphatic hydroxyl groups is 2. The zero-order valence-electron chi connectivity index (χ0n) is 9.35. The third kappa shape index (κ3) is 3.53. The molecule has 0 aliphatic heterocycles. The molecular formula is C12H19NO2. The second-order valence-corrected chi connectivity index (χ2v) is 3.71. The van der Waals surface area contributed by atoms with Crippen molar-refractivity contribution in [2.45, 2.75) is 20.0 Å². The quantitative estimate of drug-likeness (QED) is 0.765. The summed E-state index contributed by atoms with van der Waals surface area (Å²) in [6.07, 6.45) is -0.675. The fourth-order valence-electron chi connectivity index (χ4n) is 1.55. The number of rotatable bonds is 5. The van der Waals surface area contributed by atoms with Crippen molar-refractivity contribution in [1.29, 1.82) is 0 Å². The van der Waals surface area contributed by atoms with Crippen molar-refractivity contribution in [3.63, 3.8) is 0 Å². The minimum absolute atomic E-state index is 0.192. The molecule has 0 amide bonds. The summed E-state index contributed by atoms with van der Waals surface area (Å²) < 4.78 is 0. The summed E-state index contributed by atoms with van der Waals surface area (Å²) in [7, 11) is 0. The van der Waals surface area contributed by atoms with Gasteiger partial charge >= 0.3 is 0 Å². The summed E-state index contributed by atoms with van der Waals surface area (Å²) in [6.45, 7) is 5.17. The highest BCUT2D eigenvalue weighted by Gasteiger charge is 2.09. The Morgan fingerprint density at radius 2 is 2.13 bits per heavy atom. The van der Waals surface area contributed by atoms with Crippen LogP contribution in [0.2, 0.25) is 0 Å². The first kappa shape index (κ1) is 12.0. The molecule has 15 heavy (non-hydrogen) atoms. The van der Waals surface area contributed by atoms with Gasteiger partial charge in [0.15, 0.2) is 0 Å². The van der Waals surface area contributed by atoms with Gasteiger partial charge < -0.3 is 15.1 Å². The molecule has 84 valence electrons. The maximum absolute atomic E-state index is 9.40. The second-order valence-electron chi connectivity index (χ2n) is 3.71. The summed E-state index contributed by atoms with van der Waals surface area (Å²) in [4.78, 5) is 2.05. The third-order valence-electron chi connectivity index (χ3n) is 2.39. The van der Waals surface area contributed by atoms with Crippen LogP contribution in [-0.4, -0.2) is 36.0 Å². The lowest BCUT2D eigenvalue weighted by Crippen LogP contribution is -2.34. The van der Waals surface area contributed by atoms with E-state index in [0.717, 1.165) is 12.2 Å². The van der Waals surface area contributed by atoms with Gasteiger partial charge in [-0.25, -0.2) is 0 Å². The smallest absolute Gasteiger partial charge is 0.0945 e. The zero-order chi connectivity index (χ0) is 11.3. The second kappa shape index (κ2) is 5.73. The summed E-state index contributed by atoms with van der Waals surface area (Å²) in [5.74, 6) is 0. The normalized spacial score (nSPS) is 12.5. The molecule has 3 heteroatoms. The Kier molecular flexibility index (Phi) is 4.59. The lowest BCUT2D eigenvalue weighted by Gasteiger charge is -2.25. The molecule has 1 aromatic rings. The zero-order valence-corrected chi connectivity index (χ0v) is 9.35. The Bertz CT molecular complexity index is 301. The Hall–Kier alpha value is -1.06. The maximum Gasteiger partial charge on any atom is 0.0945 e. The van der Waals surface area contributed by atoms with Crippen molar-refractivity contribution >= 4 is 5.69 Å². The van der Waals surface area contributed by atoms with E-state index in [2.05, 4.69) is 6.07 Å². The molecule has 0 aliphatic carbocycles. The van der Waals surface area contributed by atoms with E-state index in [-0.39, 0.29) is 6.61 Å². The Morgan fingerprint density at radius 3 is 2.67 bits per heavy atom. The van der Waals surface area contributed by atoms with E-state index in [1.165, 1.54) is 5.56 Å². The van der Waals surface area contributed by atoms with Crippen molar-refractivity contribution in [2.24, 2.45) is 0 Å². The van der Waals surface area contributed by atoms with Gasteiger partial charge in [-0.05, 0) is 31.5 Å². The van der Waals surface area contributed by atoms with E-state index in [1.54, 1.807) is 0 Å². The van der Waals surface area contributed by atoms with E-state index in [0.29, 0.717) is 6.54 Å². The number of likely N-dealkylation sites (N-methyl/N-ethyl adjacent to an activating group) is 1. The molecule has 0 fully saturated rings. The molecule has 2 N–H and O–H groups in total. The fraction of sp³-hybridized carbons (Fsp3) is 0.500. The molecule has 0 heterocycles. The molecule has 0 saturated heterocycles. The molecule has 1 aromatic carbocycles. The van der Waals surface area contributed by atoms with Gasteiger partial charge in [0.05, 0.1) is 12.7 Å². The summed E-state index contributed by atoms with van der Waals surface area (Å²) in [6, 6.07) is 8.13. The van der Waals surface area contributed by atoms with Crippen LogP contribution in [0.15, 0.2) is 24.3 Å². The van der Waals surface area contributed by atoms with Crippen LogP contribution in [0.1, 0.15) is 12.5 Å². The molecule has 1 unspecified atom stereocenters. The van der Waals surface area contributed by atoms with Gasteiger partial charge in [-0.15, -0.1) is 0 Å². The molecule has 0 saturated carbocycles. The van der Waals surface area contributed by atoms with Crippen LogP contribution in [0.25, 0.3) is 0 Å². The SMILES string of the molecule is CCN(CC(O)CO)c1cccc(C)c1. The number of hydrogen-bond acceptors (Lipinski definition) is 3. The molecular weight excluding hydrogens is 190 g/mol. The average Bonchev–Trinajstić information content (AvgIpc) is 2.25. The standard InChI is InChI=1S/C12H19NO2/c1-3-13(8-12(15)9-14)11-6-4-5-10(2)7-11/h4-7,12,14-15H,3,8-9H2,1-2H3. The van der Waals surface area contributed by atoms with Gasteiger partial charge in [-0.3, -0.25) is 0 Å². The van der Waals surface area contributed by atoms with Crippen molar-refractivity contribution in [3.8, 4) is 0 Å². The number of benzene rings is 1. The van der Waals surface area contributed by atoms with Crippen molar-refractivity contribution in [2.75, 3.05) is 24.6 Å². The molecule has 1 atom stereocenters. The van der Waals surface area contributed by atoms with Crippen LogP contribution in [0.4, 0.5) is 5.69 Å². The summed E-state index contributed by atoms with van der Waals surface area (Å²) >= 11 is 0. The van der Waals surface area contributed by atoms with Gasteiger partial charge in [-0.2, -0.15) is 0 Å². The lowest BCUT2D eigenvalue weighted by molar-refractivity contribution is 0.100. The minimum Gasteiger partial charge on any atom is -0.394 e. The molecule has 0 aromatic heterocycles. The Morgan fingerprint density at radius 1 is 1.40 bits per heavy atom. The number of hydrogen-bond donors (Lipinski definition) is 2.